The first-order valence-corrected chi connectivity index (χ1v) is 7.09. The quantitative estimate of drug-likeness (QED) is 0.865. The van der Waals surface area contributed by atoms with Gasteiger partial charge in [0, 0.05) is 25.2 Å². The molecule has 3 heteroatoms. The summed E-state index contributed by atoms with van der Waals surface area (Å²) in [5.74, 6) is 1.06. The molecule has 0 aromatic heterocycles. The lowest BCUT2D eigenvalue weighted by Crippen LogP contribution is -2.29. The van der Waals surface area contributed by atoms with Gasteiger partial charge in [-0.2, -0.15) is 0 Å². The van der Waals surface area contributed by atoms with E-state index in [0.29, 0.717) is 0 Å². The highest BCUT2D eigenvalue weighted by molar-refractivity contribution is 5.37. The van der Waals surface area contributed by atoms with Crippen molar-refractivity contribution in [2.45, 2.75) is 32.4 Å². The molecule has 3 rings (SSSR count). The van der Waals surface area contributed by atoms with E-state index >= 15 is 0 Å². The van der Waals surface area contributed by atoms with E-state index in [1.807, 2.05) is 0 Å². The van der Waals surface area contributed by atoms with Gasteiger partial charge in [0.2, 0.25) is 0 Å². The predicted molar refractivity (Wildman–Crippen MR) is 72.8 cm³/mol. The van der Waals surface area contributed by atoms with E-state index in [4.69, 9.17) is 4.74 Å². The van der Waals surface area contributed by atoms with Crippen LogP contribution < -0.4 is 10.1 Å². The average Bonchev–Trinajstić information content (AvgIpc) is 2.64. The molecule has 0 unspecified atom stereocenters. The molecular weight excluding hydrogens is 224 g/mol. The van der Waals surface area contributed by atoms with Crippen LogP contribution >= 0.6 is 0 Å². The highest BCUT2D eigenvalue weighted by Gasteiger charge is 2.13. The van der Waals surface area contributed by atoms with Crippen molar-refractivity contribution in [3.05, 3.63) is 29.3 Å². The maximum Gasteiger partial charge on any atom is 0.123 e. The molecule has 0 saturated carbocycles. The third kappa shape index (κ3) is 2.85. The third-order valence-electron chi connectivity index (χ3n) is 3.83. The Morgan fingerprint density at radius 1 is 1.17 bits per heavy atom. The minimum absolute atomic E-state index is 0.776. The van der Waals surface area contributed by atoms with Crippen molar-refractivity contribution >= 4 is 0 Å². The van der Waals surface area contributed by atoms with Gasteiger partial charge in [-0.3, -0.25) is 4.90 Å². The summed E-state index contributed by atoms with van der Waals surface area (Å²) in [6, 6.07) is 6.67. The second kappa shape index (κ2) is 5.72. The molecule has 1 fully saturated rings. The number of likely N-dealkylation sites (tertiary alicyclic amines) is 1. The molecule has 98 valence electrons. The average molecular weight is 246 g/mol. The minimum atomic E-state index is 0.776. The molecule has 0 amide bonds. The van der Waals surface area contributed by atoms with Crippen molar-refractivity contribution in [1.29, 1.82) is 0 Å². The Morgan fingerprint density at radius 2 is 2.06 bits per heavy atom. The summed E-state index contributed by atoms with van der Waals surface area (Å²) in [6.07, 6.45) is 4.11. The molecule has 1 N–H and O–H groups in total. The first-order chi connectivity index (χ1) is 8.92. The van der Waals surface area contributed by atoms with Crippen molar-refractivity contribution in [1.82, 2.24) is 10.2 Å². The molecule has 1 aromatic rings. The zero-order valence-corrected chi connectivity index (χ0v) is 11.0. The molecular formula is C15H22N2O. The largest absolute Gasteiger partial charge is 0.492 e. The van der Waals surface area contributed by atoms with Gasteiger partial charge in [0.25, 0.3) is 0 Å². The van der Waals surface area contributed by atoms with E-state index < -0.39 is 0 Å². The lowest BCUT2D eigenvalue weighted by molar-refractivity contribution is 0.221. The van der Waals surface area contributed by atoms with Crippen LogP contribution in [0.2, 0.25) is 0 Å². The van der Waals surface area contributed by atoms with Crippen LogP contribution in [0.15, 0.2) is 18.2 Å². The standard InChI is InChI=1S/C15H22N2O/c1-2-7-17(8-3-1)12-13-4-5-15-14(10-13)11-16-6-9-18-15/h4-5,10,16H,1-3,6-9,11-12H2. The second-order valence-electron chi connectivity index (χ2n) is 5.30. The number of fused-ring (bicyclic) bond motifs is 1. The van der Waals surface area contributed by atoms with Gasteiger partial charge in [-0.1, -0.05) is 12.5 Å². The molecule has 0 atom stereocenters. The Hall–Kier alpha value is -1.06. The molecule has 2 aliphatic rings. The SMILES string of the molecule is c1cc2c(cc1CN1CCCCC1)CNCCO2. The lowest BCUT2D eigenvalue weighted by Gasteiger charge is -2.26. The van der Waals surface area contributed by atoms with Crippen molar-refractivity contribution < 1.29 is 4.74 Å². The van der Waals surface area contributed by atoms with Gasteiger partial charge in [0.05, 0.1) is 0 Å². The predicted octanol–water partition coefficient (Wildman–Crippen LogP) is 2.15. The monoisotopic (exact) mass is 246 g/mol. The molecule has 0 aliphatic carbocycles. The number of rotatable bonds is 2. The summed E-state index contributed by atoms with van der Waals surface area (Å²) in [5, 5.41) is 3.40. The van der Waals surface area contributed by atoms with E-state index in [2.05, 4.69) is 28.4 Å². The van der Waals surface area contributed by atoms with Gasteiger partial charge < -0.3 is 10.1 Å². The zero-order chi connectivity index (χ0) is 12.2. The molecule has 1 aromatic carbocycles. The van der Waals surface area contributed by atoms with Gasteiger partial charge in [-0.05, 0) is 43.6 Å². The van der Waals surface area contributed by atoms with Crippen molar-refractivity contribution in [2.75, 3.05) is 26.2 Å². The van der Waals surface area contributed by atoms with Crippen LogP contribution in [-0.4, -0.2) is 31.1 Å². The number of nitrogens with zero attached hydrogens (tertiary/aromatic N) is 1. The topological polar surface area (TPSA) is 24.5 Å². The van der Waals surface area contributed by atoms with Crippen LogP contribution in [-0.2, 0) is 13.1 Å². The summed E-state index contributed by atoms with van der Waals surface area (Å²) in [7, 11) is 0. The fourth-order valence-electron chi connectivity index (χ4n) is 2.84. The Balaban J connectivity index is 1.70. The van der Waals surface area contributed by atoms with Gasteiger partial charge >= 0.3 is 0 Å². The molecule has 2 aliphatic heterocycles. The van der Waals surface area contributed by atoms with Crippen LogP contribution in [0.1, 0.15) is 30.4 Å². The fourth-order valence-corrected chi connectivity index (χ4v) is 2.84. The van der Waals surface area contributed by atoms with Gasteiger partial charge in [-0.25, -0.2) is 0 Å². The molecule has 1 saturated heterocycles. The number of benzene rings is 1. The summed E-state index contributed by atoms with van der Waals surface area (Å²) >= 11 is 0. The maximum atomic E-state index is 5.72. The number of hydrogen-bond acceptors (Lipinski definition) is 3. The number of nitrogens with one attached hydrogen (secondary N) is 1. The Morgan fingerprint density at radius 3 is 2.94 bits per heavy atom. The van der Waals surface area contributed by atoms with Crippen molar-refractivity contribution in [3.63, 3.8) is 0 Å². The van der Waals surface area contributed by atoms with Gasteiger partial charge in [-0.15, -0.1) is 0 Å². The first-order valence-electron chi connectivity index (χ1n) is 7.09. The fraction of sp³-hybridized carbons (Fsp3) is 0.600. The van der Waals surface area contributed by atoms with E-state index in [9.17, 15) is 0 Å². The second-order valence-corrected chi connectivity index (χ2v) is 5.30. The van der Waals surface area contributed by atoms with Crippen LogP contribution in [0.3, 0.4) is 0 Å². The minimum Gasteiger partial charge on any atom is -0.492 e. The van der Waals surface area contributed by atoms with Gasteiger partial charge in [0.1, 0.15) is 12.4 Å². The van der Waals surface area contributed by atoms with Crippen LogP contribution in [0.4, 0.5) is 0 Å². The summed E-state index contributed by atoms with van der Waals surface area (Å²) in [4.78, 5) is 2.57. The first kappa shape index (κ1) is 12.0. The Kier molecular flexibility index (Phi) is 3.81. The maximum absolute atomic E-state index is 5.72. The highest BCUT2D eigenvalue weighted by Crippen LogP contribution is 2.23. The molecule has 3 nitrogen and oxygen atoms in total. The molecule has 2 heterocycles. The van der Waals surface area contributed by atoms with Crippen LogP contribution in [0, 0.1) is 0 Å². The van der Waals surface area contributed by atoms with Crippen LogP contribution in [0.5, 0.6) is 5.75 Å². The zero-order valence-electron chi connectivity index (χ0n) is 11.0. The number of hydrogen-bond donors (Lipinski definition) is 1. The third-order valence-corrected chi connectivity index (χ3v) is 3.83. The molecule has 0 bridgehead atoms. The summed E-state index contributed by atoms with van der Waals surface area (Å²) < 4.78 is 5.72. The van der Waals surface area contributed by atoms with Crippen molar-refractivity contribution in [2.24, 2.45) is 0 Å². The van der Waals surface area contributed by atoms with E-state index in [1.165, 1.54) is 43.5 Å². The lowest BCUT2D eigenvalue weighted by atomic mass is 10.1. The summed E-state index contributed by atoms with van der Waals surface area (Å²) in [6.45, 7) is 6.25. The van der Waals surface area contributed by atoms with E-state index in [1.54, 1.807) is 0 Å². The highest BCUT2D eigenvalue weighted by atomic mass is 16.5. The van der Waals surface area contributed by atoms with Gasteiger partial charge in [0.15, 0.2) is 0 Å². The number of ether oxygens (including phenoxy) is 1. The Bertz CT molecular complexity index is 399. The van der Waals surface area contributed by atoms with Crippen molar-refractivity contribution in [3.8, 4) is 5.75 Å². The Labute approximate surface area is 109 Å². The molecule has 0 spiro atoms. The summed E-state index contributed by atoms with van der Waals surface area (Å²) in [5.41, 5.74) is 2.73. The van der Waals surface area contributed by atoms with E-state index in [-0.39, 0.29) is 0 Å². The van der Waals surface area contributed by atoms with E-state index in [0.717, 1.165) is 32.0 Å². The smallest absolute Gasteiger partial charge is 0.123 e. The molecule has 0 radical (unpaired) electrons. The van der Waals surface area contributed by atoms with Crippen LogP contribution in [0.25, 0.3) is 0 Å². The molecule has 18 heavy (non-hydrogen) atoms. The number of piperidine rings is 1. The normalized spacial score (nSPS) is 20.9.